The largest absolute Gasteiger partial charge is 0.349 e. The molecular weight excluding hydrogens is 366 g/mol. The van der Waals surface area contributed by atoms with Crippen molar-refractivity contribution >= 4 is 40.6 Å². The second-order valence-electron chi connectivity index (χ2n) is 7.49. The van der Waals surface area contributed by atoms with Gasteiger partial charge in [0.1, 0.15) is 11.7 Å². The molecule has 1 atom stereocenters. The molecule has 2 aliphatic rings. The minimum absolute atomic E-state index is 0.0501. The number of rotatable bonds is 7. The molecular formula is C18H33N5OS2. The zero-order valence-electron chi connectivity index (χ0n) is 16.5. The summed E-state index contributed by atoms with van der Waals surface area (Å²) in [5.74, 6) is -0.0501. The molecule has 2 heterocycles. The van der Waals surface area contributed by atoms with E-state index in [0.717, 1.165) is 44.3 Å². The van der Waals surface area contributed by atoms with Crippen LogP contribution in [0.3, 0.4) is 0 Å². The van der Waals surface area contributed by atoms with E-state index in [0.29, 0.717) is 5.11 Å². The van der Waals surface area contributed by atoms with Gasteiger partial charge in [-0.05, 0) is 51.6 Å². The highest BCUT2D eigenvalue weighted by Crippen LogP contribution is 2.27. The molecule has 0 aromatic heterocycles. The number of carbonyl (C=O) groups excluding carboxylic acids is 1. The minimum Gasteiger partial charge on any atom is -0.349 e. The molecule has 0 saturated carbocycles. The summed E-state index contributed by atoms with van der Waals surface area (Å²) in [5, 5.41) is 7.60. The maximum Gasteiger partial charge on any atom is 0.251 e. The summed E-state index contributed by atoms with van der Waals surface area (Å²) in [4.78, 5) is 18.8. The lowest BCUT2D eigenvalue weighted by Crippen LogP contribution is -2.66. The second-order valence-corrected chi connectivity index (χ2v) is 8.24. The number of hydrogen-bond donors (Lipinski definition) is 2. The fraction of sp³-hybridized carbons (Fsp3) is 0.833. The summed E-state index contributed by atoms with van der Waals surface area (Å²) < 4.78 is 0. The molecule has 8 heteroatoms. The topological polar surface area (TPSA) is 50.9 Å². The Balaban J connectivity index is 2.13. The lowest BCUT2D eigenvalue weighted by atomic mass is 10.0. The quantitative estimate of drug-likeness (QED) is 0.501. The van der Waals surface area contributed by atoms with Gasteiger partial charge >= 0.3 is 0 Å². The van der Waals surface area contributed by atoms with Crippen molar-refractivity contribution < 1.29 is 4.79 Å². The molecule has 2 saturated heterocycles. The highest BCUT2D eigenvalue weighted by molar-refractivity contribution is 7.80. The number of carbonyl (C=O) groups is 1. The maximum absolute atomic E-state index is 12.3. The Kier molecular flexibility index (Phi) is 7.61. The fourth-order valence-corrected chi connectivity index (χ4v) is 4.50. The van der Waals surface area contributed by atoms with Crippen LogP contribution in [-0.2, 0) is 4.79 Å². The predicted octanol–water partition coefficient (Wildman–Crippen LogP) is 1.90. The molecule has 0 radical (unpaired) electrons. The van der Waals surface area contributed by atoms with Gasteiger partial charge in [-0.15, -0.1) is 0 Å². The Morgan fingerprint density at radius 3 is 2.62 bits per heavy atom. The van der Waals surface area contributed by atoms with E-state index in [1.165, 1.54) is 19.3 Å². The van der Waals surface area contributed by atoms with Crippen LogP contribution in [0.25, 0.3) is 0 Å². The molecule has 2 N–H and O–H groups in total. The van der Waals surface area contributed by atoms with Crippen molar-refractivity contribution in [3.63, 3.8) is 0 Å². The molecule has 2 rings (SSSR count). The third-order valence-electron chi connectivity index (χ3n) is 5.29. The monoisotopic (exact) mass is 399 g/mol. The molecule has 0 spiro atoms. The lowest BCUT2D eigenvalue weighted by molar-refractivity contribution is -0.126. The van der Waals surface area contributed by atoms with E-state index in [4.69, 9.17) is 24.4 Å². The van der Waals surface area contributed by atoms with Gasteiger partial charge in [0.25, 0.3) is 5.91 Å². The van der Waals surface area contributed by atoms with E-state index in [1.807, 2.05) is 18.7 Å². The first-order valence-corrected chi connectivity index (χ1v) is 10.6. The normalized spacial score (nSPS) is 22.5. The van der Waals surface area contributed by atoms with Crippen molar-refractivity contribution in [2.75, 3.05) is 32.7 Å². The molecule has 26 heavy (non-hydrogen) atoms. The zero-order chi connectivity index (χ0) is 19.3. The SMILES string of the molecule is CCCCCCN(CC)C(=S)N1CCNCC1N1C(=S)NC(=O)C1(C)C. The number of hydrogen-bond acceptors (Lipinski definition) is 4. The van der Waals surface area contributed by atoms with Crippen LogP contribution in [-0.4, -0.2) is 75.3 Å². The first-order chi connectivity index (χ1) is 12.3. The number of piperazine rings is 1. The van der Waals surface area contributed by atoms with Crippen LogP contribution < -0.4 is 10.6 Å². The van der Waals surface area contributed by atoms with Crippen LogP contribution in [0.1, 0.15) is 53.4 Å². The van der Waals surface area contributed by atoms with Crippen molar-refractivity contribution in [3.05, 3.63) is 0 Å². The summed E-state index contributed by atoms with van der Waals surface area (Å²) in [6.45, 7) is 12.5. The molecule has 6 nitrogen and oxygen atoms in total. The highest BCUT2D eigenvalue weighted by Gasteiger charge is 2.49. The summed E-state index contributed by atoms with van der Waals surface area (Å²) in [7, 11) is 0. The highest BCUT2D eigenvalue weighted by atomic mass is 32.1. The molecule has 1 unspecified atom stereocenters. The first-order valence-electron chi connectivity index (χ1n) is 9.75. The van der Waals surface area contributed by atoms with Crippen LogP contribution >= 0.6 is 24.4 Å². The summed E-state index contributed by atoms with van der Waals surface area (Å²) >= 11 is 11.3. The average Bonchev–Trinajstić information content (AvgIpc) is 2.81. The fourth-order valence-electron chi connectivity index (χ4n) is 3.63. The molecule has 0 aromatic rings. The molecule has 0 aliphatic carbocycles. The molecule has 0 aromatic carbocycles. The van der Waals surface area contributed by atoms with Crippen LogP contribution in [0.2, 0.25) is 0 Å². The first kappa shape index (κ1) is 21.3. The van der Waals surface area contributed by atoms with E-state index < -0.39 is 5.54 Å². The number of amides is 1. The van der Waals surface area contributed by atoms with E-state index in [2.05, 4.69) is 34.3 Å². The van der Waals surface area contributed by atoms with Gasteiger partial charge in [0, 0.05) is 32.7 Å². The summed E-state index contributed by atoms with van der Waals surface area (Å²) in [6.07, 6.45) is 4.85. The summed E-state index contributed by atoms with van der Waals surface area (Å²) in [6, 6.07) is 0. The van der Waals surface area contributed by atoms with Crippen molar-refractivity contribution in [3.8, 4) is 0 Å². The Bertz CT molecular complexity index is 540. The van der Waals surface area contributed by atoms with Crippen molar-refractivity contribution in [2.24, 2.45) is 0 Å². The second kappa shape index (κ2) is 9.28. The minimum atomic E-state index is -0.674. The van der Waals surface area contributed by atoms with Crippen LogP contribution in [0.5, 0.6) is 0 Å². The number of unbranched alkanes of at least 4 members (excludes halogenated alkanes) is 3. The number of thiocarbonyl (C=S) groups is 2. The number of nitrogens with one attached hydrogen (secondary N) is 2. The van der Waals surface area contributed by atoms with Crippen LogP contribution in [0, 0.1) is 0 Å². The van der Waals surface area contributed by atoms with E-state index in [1.54, 1.807) is 0 Å². The van der Waals surface area contributed by atoms with Gasteiger partial charge in [-0.25, -0.2) is 0 Å². The smallest absolute Gasteiger partial charge is 0.251 e. The van der Waals surface area contributed by atoms with Gasteiger partial charge in [0.2, 0.25) is 0 Å². The number of nitrogens with zero attached hydrogens (tertiary/aromatic N) is 3. The maximum atomic E-state index is 12.3. The van der Waals surface area contributed by atoms with E-state index in [9.17, 15) is 4.79 Å². The van der Waals surface area contributed by atoms with E-state index >= 15 is 0 Å². The molecule has 0 bridgehead atoms. The lowest BCUT2D eigenvalue weighted by Gasteiger charge is -2.48. The van der Waals surface area contributed by atoms with Gasteiger partial charge in [-0.1, -0.05) is 26.2 Å². The van der Waals surface area contributed by atoms with Crippen molar-refractivity contribution in [2.45, 2.75) is 65.1 Å². The van der Waals surface area contributed by atoms with Gasteiger partial charge < -0.3 is 25.3 Å². The molecule has 148 valence electrons. The van der Waals surface area contributed by atoms with Crippen LogP contribution in [0.4, 0.5) is 0 Å². The average molecular weight is 400 g/mol. The van der Waals surface area contributed by atoms with Gasteiger partial charge in [0.05, 0.1) is 0 Å². The molecule has 2 aliphatic heterocycles. The van der Waals surface area contributed by atoms with Crippen molar-refractivity contribution in [1.29, 1.82) is 0 Å². The van der Waals surface area contributed by atoms with E-state index in [-0.39, 0.29) is 12.1 Å². The third-order valence-corrected chi connectivity index (χ3v) is 6.08. The van der Waals surface area contributed by atoms with Gasteiger partial charge in [-0.3, -0.25) is 4.79 Å². The van der Waals surface area contributed by atoms with Gasteiger partial charge in [0.15, 0.2) is 10.2 Å². The third kappa shape index (κ3) is 4.46. The van der Waals surface area contributed by atoms with Gasteiger partial charge in [-0.2, -0.15) is 0 Å². The Hall–Kier alpha value is -0.990. The molecule has 1 amide bonds. The molecule has 2 fully saturated rings. The Morgan fingerprint density at radius 1 is 1.31 bits per heavy atom. The Morgan fingerprint density at radius 2 is 2.04 bits per heavy atom. The van der Waals surface area contributed by atoms with Crippen molar-refractivity contribution in [1.82, 2.24) is 25.3 Å². The standard InChI is InChI=1S/C18H33N5OS2/c1-5-7-8-9-11-21(6-2)17(26)22-12-10-19-13-14(22)23-16(25)20-15(24)18(23,3)4/h14,19H,5-13H2,1-4H3,(H,20,24,25). The summed E-state index contributed by atoms with van der Waals surface area (Å²) in [5.41, 5.74) is -0.674. The van der Waals surface area contributed by atoms with Crippen LogP contribution in [0.15, 0.2) is 0 Å². The zero-order valence-corrected chi connectivity index (χ0v) is 18.1. The Labute approximate surface area is 168 Å². The predicted molar refractivity (Wildman–Crippen MR) is 114 cm³/mol.